The summed E-state index contributed by atoms with van der Waals surface area (Å²) in [5, 5.41) is 2.34. The van der Waals surface area contributed by atoms with Crippen molar-refractivity contribution in [3.8, 4) is 0 Å². The molecule has 1 rings (SSSR count). The lowest BCUT2D eigenvalue weighted by Crippen LogP contribution is -2.28. The van der Waals surface area contributed by atoms with Crippen LogP contribution in [0.4, 0.5) is 0 Å². The van der Waals surface area contributed by atoms with E-state index < -0.39 is 21.8 Å². The molecule has 0 bridgehead atoms. The van der Waals surface area contributed by atoms with Crippen LogP contribution in [0.3, 0.4) is 0 Å². The molecule has 0 aromatic carbocycles. The van der Waals surface area contributed by atoms with Crippen molar-refractivity contribution < 1.29 is 17.8 Å². The molecule has 0 aliphatic heterocycles. The maximum atomic E-state index is 11.3. The molecule has 1 amide bonds. The standard InChI is InChI=1S/C8H10N2O4S/c11-8(7-2-1-3-9-6-7)10-4-5-15(12,13)14/h1-3,6H,4-5H2,(H,10,11)(H,12,13,14). The number of carbonyl (C=O) groups excluding carboxylic acids is 1. The van der Waals surface area contributed by atoms with Gasteiger partial charge in [-0.1, -0.05) is 0 Å². The second-order valence-corrected chi connectivity index (χ2v) is 4.36. The van der Waals surface area contributed by atoms with E-state index in [9.17, 15) is 13.2 Å². The summed E-state index contributed by atoms with van der Waals surface area (Å²) in [6.07, 6.45) is 2.89. The first-order chi connectivity index (χ1) is 6.99. The minimum Gasteiger partial charge on any atom is -0.351 e. The normalized spacial score (nSPS) is 11.0. The Hall–Kier alpha value is -1.47. The van der Waals surface area contributed by atoms with Gasteiger partial charge in [0, 0.05) is 18.9 Å². The Balaban J connectivity index is 2.45. The molecule has 0 saturated heterocycles. The number of hydrogen-bond acceptors (Lipinski definition) is 4. The molecule has 0 aliphatic carbocycles. The van der Waals surface area contributed by atoms with Gasteiger partial charge in [0.15, 0.2) is 0 Å². The lowest BCUT2D eigenvalue weighted by molar-refractivity contribution is 0.0955. The van der Waals surface area contributed by atoms with Gasteiger partial charge in [-0.25, -0.2) is 0 Å². The molecule has 2 N–H and O–H groups in total. The Morgan fingerprint density at radius 3 is 2.80 bits per heavy atom. The fraction of sp³-hybridized carbons (Fsp3) is 0.250. The zero-order chi connectivity index (χ0) is 11.3. The molecule has 1 aromatic rings. The first-order valence-electron chi connectivity index (χ1n) is 4.12. The number of hydrogen-bond donors (Lipinski definition) is 2. The maximum Gasteiger partial charge on any atom is 0.266 e. The van der Waals surface area contributed by atoms with Crippen molar-refractivity contribution in [2.24, 2.45) is 0 Å². The van der Waals surface area contributed by atoms with E-state index in [1.807, 2.05) is 0 Å². The van der Waals surface area contributed by atoms with Crippen LogP contribution in [0.15, 0.2) is 24.5 Å². The van der Waals surface area contributed by atoms with E-state index in [1.54, 1.807) is 12.1 Å². The van der Waals surface area contributed by atoms with Gasteiger partial charge in [-0.05, 0) is 12.1 Å². The summed E-state index contributed by atoms with van der Waals surface area (Å²) < 4.78 is 29.1. The largest absolute Gasteiger partial charge is 0.351 e. The van der Waals surface area contributed by atoms with Crippen LogP contribution in [0.5, 0.6) is 0 Å². The third kappa shape index (κ3) is 4.52. The maximum absolute atomic E-state index is 11.3. The molecular weight excluding hydrogens is 220 g/mol. The molecule has 0 radical (unpaired) electrons. The predicted octanol–water partition coefficient (Wildman–Crippen LogP) is -0.301. The van der Waals surface area contributed by atoms with Gasteiger partial charge in [-0.15, -0.1) is 0 Å². The summed E-state index contributed by atoms with van der Waals surface area (Å²) >= 11 is 0. The molecule has 15 heavy (non-hydrogen) atoms. The quantitative estimate of drug-likeness (QED) is 0.692. The molecule has 1 aromatic heterocycles. The second kappa shape index (κ2) is 4.85. The van der Waals surface area contributed by atoms with Gasteiger partial charge in [-0.2, -0.15) is 8.42 Å². The Bertz CT molecular complexity index is 429. The highest BCUT2D eigenvalue weighted by Crippen LogP contribution is 1.94. The molecule has 6 nitrogen and oxygen atoms in total. The van der Waals surface area contributed by atoms with Crippen LogP contribution in [0.25, 0.3) is 0 Å². The van der Waals surface area contributed by atoms with Crippen molar-refractivity contribution in [1.82, 2.24) is 10.3 Å². The number of nitrogens with zero attached hydrogens (tertiary/aromatic N) is 1. The molecular formula is C8H10N2O4S. The Morgan fingerprint density at radius 1 is 1.53 bits per heavy atom. The summed E-state index contributed by atoms with van der Waals surface area (Å²) in [6.45, 7) is -0.132. The average molecular weight is 230 g/mol. The van der Waals surface area contributed by atoms with Crippen LogP contribution < -0.4 is 5.32 Å². The molecule has 0 spiro atoms. The molecule has 0 fully saturated rings. The van der Waals surface area contributed by atoms with E-state index >= 15 is 0 Å². The zero-order valence-corrected chi connectivity index (χ0v) is 8.57. The second-order valence-electron chi connectivity index (χ2n) is 2.78. The minimum absolute atomic E-state index is 0.132. The monoisotopic (exact) mass is 230 g/mol. The third-order valence-corrected chi connectivity index (χ3v) is 2.29. The van der Waals surface area contributed by atoms with Crippen molar-refractivity contribution in [3.05, 3.63) is 30.1 Å². The molecule has 0 aliphatic rings. The highest BCUT2D eigenvalue weighted by molar-refractivity contribution is 7.85. The van der Waals surface area contributed by atoms with E-state index in [1.165, 1.54) is 12.4 Å². The number of nitrogens with one attached hydrogen (secondary N) is 1. The van der Waals surface area contributed by atoms with Gasteiger partial charge in [0.1, 0.15) is 0 Å². The molecule has 82 valence electrons. The lowest BCUT2D eigenvalue weighted by Gasteiger charge is -2.02. The number of aromatic nitrogens is 1. The van der Waals surface area contributed by atoms with Crippen LogP contribution in [-0.2, 0) is 10.1 Å². The van der Waals surface area contributed by atoms with E-state index in [0.717, 1.165) is 0 Å². The van der Waals surface area contributed by atoms with Crippen molar-refractivity contribution in [3.63, 3.8) is 0 Å². The van der Waals surface area contributed by atoms with E-state index in [-0.39, 0.29) is 6.54 Å². The van der Waals surface area contributed by atoms with E-state index in [4.69, 9.17) is 4.55 Å². The van der Waals surface area contributed by atoms with Gasteiger partial charge >= 0.3 is 0 Å². The number of carbonyl (C=O) groups is 1. The molecule has 7 heteroatoms. The third-order valence-electron chi connectivity index (χ3n) is 1.57. The molecule has 0 unspecified atom stereocenters. The summed E-state index contributed by atoms with van der Waals surface area (Å²) in [4.78, 5) is 15.0. The summed E-state index contributed by atoms with van der Waals surface area (Å²) in [5.41, 5.74) is 0.341. The van der Waals surface area contributed by atoms with Crippen molar-refractivity contribution in [1.29, 1.82) is 0 Å². The smallest absolute Gasteiger partial charge is 0.266 e. The summed E-state index contributed by atoms with van der Waals surface area (Å²) in [5.74, 6) is -0.925. The Morgan fingerprint density at radius 2 is 2.27 bits per heavy atom. The van der Waals surface area contributed by atoms with Crippen LogP contribution >= 0.6 is 0 Å². The van der Waals surface area contributed by atoms with Crippen molar-refractivity contribution >= 4 is 16.0 Å². The fourth-order valence-electron chi connectivity index (χ4n) is 0.893. The van der Waals surface area contributed by atoms with Crippen LogP contribution in [0, 0.1) is 0 Å². The molecule has 0 atom stereocenters. The van der Waals surface area contributed by atoms with Crippen LogP contribution in [-0.4, -0.2) is 36.2 Å². The van der Waals surface area contributed by atoms with Gasteiger partial charge < -0.3 is 5.32 Å². The number of pyridine rings is 1. The molecule has 1 heterocycles. The molecule has 0 saturated carbocycles. The summed E-state index contributed by atoms with van der Waals surface area (Å²) in [7, 11) is -4.03. The fourth-order valence-corrected chi connectivity index (χ4v) is 1.25. The number of rotatable bonds is 4. The van der Waals surface area contributed by atoms with Gasteiger partial charge in [0.25, 0.3) is 16.0 Å². The summed E-state index contributed by atoms with van der Waals surface area (Å²) in [6, 6.07) is 3.15. The van der Waals surface area contributed by atoms with Crippen LogP contribution in [0.1, 0.15) is 10.4 Å². The van der Waals surface area contributed by atoms with Gasteiger partial charge in [-0.3, -0.25) is 14.3 Å². The highest BCUT2D eigenvalue weighted by Gasteiger charge is 2.07. The van der Waals surface area contributed by atoms with Crippen LogP contribution in [0.2, 0.25) is 0 Å². The first kappa shape index (κ1) is 11.6. The minimum atomic E-state index is -4.03. The Labute approximate surface area is 87.1 Å². The Kier molecular flexibility index (Phi) is 3.75. The highest BCUT2D eigenvalue weighted by atomic mass is 32.2. The SMILES string of the molecule is O=C(NCCS(=O)(=O)O)c1cccnc1. The zero-order valence-electron chi connectivity index (χ0n) is 7.75. The van der Waals surface area contributed by atoms with Crippen molar-refractivity contribution in [2.45, 2.75) is 0 Å². The first-order valence-corrected chi connectivity index (χ1v) is 5.73. The number of amides is 1. The van der Waals surface area contributed by atoms with Crippen molar-refractivity contribution in [2.75, 3.05) is 12.3 Å². The van der Waals surface area contributed by atoms with Gasteiger partial charge in [0.2, 0.25) is 0 Å². The average Bonchev–Trinajstić information content (AvgIpc) is 2.17. The lowest BCUT2D eigenvalue weighted by atomic mass is 10.3. The topological polar surface area (TPSA) is 96.4 Å². The van der Waals surface area contributed by atoms with Gasteiger partial charge in [0.05, 0.1) is 11.3 Å². The predicted molar refractivity (Wildman–Crippen MR) is 53.0 cm³/mol. The van der Waals surface area contributed by atoms with E-state index in [0.29, 0.717) is 5.56 Å². The van der Waals surface area contributed by atoms with E-state index in [2.05, 4.69) is 10.3 Å².